The van der Waals surface area contributed by atoms with Crippen molar-refractivity contribution in [2.24, 2.45) is 5.92 Å². The lowest BCUT2D eigenvalue weighted by Gasteiger charge is -2.35. The highest BCUT2D eigenvalue weighted by Gasteiger charge is 2.37. The van der Waals surface area contributed by atoms with Crippen molar-refractivity contribution in [3.63, 3.8) is 0 Å². The molecule has 5 nitrogen and oxygen atoms in total. The molecule has 1 aromatic rings. The molecule has 116 valence electrons. The highest BCUT2D eigenvalue weighted by Crippen LogP contribution is 2.35. The Hall–Kier alpha value is -1.57. The number of allylic oxidation sites excluding steroid dienone is 1. The third kappa shape index (κ3) is 2.97. The van der Waals surface area contributed by atoms with Crippen LogP contribution in [0.15, 0.2) is 35.5 Å². The Balaban J connectivity index is 1.99. The molecule has 0 saturated heterocycles. The van der Waals surface area contributed by atoms with Crippen molar-refractivity contribution in [3.05, 3.63) is 44.7 Å². The van der Waals surface area contributed by atoms with Crippen LogP contribution in [0.1, 0.15) is 31.4 Å². The third-order valence-electron chi connectivity index (χ3n) is 4.17. The van der Waals surface area contributed by atoms with Gasteiger partial charge in [-0.15, -0.1) is 0 Å². The Morgan fingerprint density at radius 3 is 2.55 bits per heavy atom. The van der Waals surface area contributed by atoms with Crippen LogP contribution in [-0.2, 0) is 4.79 Å². The average Bonchev–Trinajstić information content (AvgIpc) is 3.27. The van der Waals surface area contributed by atoms with Crippen LogP contribution in [0.3, 0.4) is 0 Å². The maximum atomic E-state index is 12.4. The average molecular weight is 412 g/mol. The number of nitrogens with one attached hydrogen (secondary N) is 1. The Bertz CT molecular complexity index is 650. The van der Waals surface area contributed by atoms with Gasteiger partial charge in [-0.1, -0.05) is 12.1 Å². The summed E-state index contributed by atoms with van der Waals surface area (Å²) < 4.78 is 1.07. The molecule has 1 fully saturated rings. The molecule has 2 amide bonds. The number of urea groups is 1. The van der Waals surface area contributed by atoms with Gasteiger partial charge in [-0.05, 0) is 66.0 Å². The molecule has 1 aliphatic carbocycles. The van der Waals surface area contributed by atoms with E-state index in [9.17, 15) is 14.7 Å². The molecular formula is C16H17IN2O3. The molecule has 3 rings (SSSR count). The zero-order valence-corrected chi connectivity index (χ0v) is 14.3. The Morgan fingerprint density at radius 1 is 1.36 bits per heavy atom. The molecule has 0 radical (unpaired) electrons. The van der Waals surface area contributed by atoms with E-state index >= 15 is 0 Å². The van der Waals surface area contributed by atoms with E-state index in [2.05, 4.69) is 27.9 Å². The van der Waals surface area contributed by atoms with E-state index in [1.807, 2.05) is 24.3 Å². The van der Waals surface area contributed by atoms with Gasteiger partial charge in [0.25, 0.3) is 0 Å². The van der Waals surface area contributed by atoms with Crippen LogP contribution in [0.4, 0.5) is 4.79 Å². The van der Waals surface area contributed by atoms with Gasteiger partial charge in [0.1, 0.15) is 0 Å². The minimum atomic E-state index is -0.984. The van der Waals surface area contributed by atoms with Crippen molar-refractivity contribution < 1.29 is 14.7 Å². The van der Waals surface area contributed by atoms with Crippen LogP contribution in [0, 0.1) is 9.49 Å². The first-order valence-corrected chi connectivity index (χ1v) is 8.33. The standard InChI is InChI=1S/C16H17IN2O3/c1-9-13(15(20)21)14(11-4-6-12(17)7-5-11)18-16(22)19(9)8-10-2-3-10/h4-7,10,14H,2-3,8H2,1H3,(H,18,22)(H,20,21). The van der Waals surface area contributed by atoms with Crippen molar-refractivity contribution in [1.82, 2.24) is 10.2 Å². The second-order valence-electron chi connectivity index (χ2n) is 5.79. The van der Waals surface area contributed by atoms with E-state index in [-0.39, 0.29) is 11.6 Å². The van der Waals surface area contributed by atoms with Gasteiger partial charge in [-0.3, -0.25) is 4.90 Å². The Kier molecular flexibility index (Phi) is 4.12. The molecule has 1 unspecified atom stereocenters. The van der Waals surface area contributed by atoms with Gasteiger partial charge in [0, 0.05) is 15.8 Å². The SMILES string of the molecule is CC1=C(C(=O)O)C(c2ccc(I)cc2)NC(=O)N1CC1CC1. The first kappa shape index (κ1) is 15.3. The lowest BCUT2D eigenvalue weighted by Crippen LogP contribution is -2.48. The van der Waals surface area contributed by atoms with Crippen LogP contribution < -0.4 is 5.32 Å². The van der Waals surface area contributed by atoms with Crippen molar-refractivity contribution in [2.45, 2.75) is 25.8 Å². The van der Waals surface area contributed by atoms with E-state index < -0.39 is 12.0 Å². The van der Waals surface area contributed by atoms with Gasteiger partial charge in [-0.2, -0.15) is 0 Å². The lowest BCUT2D eigenvalue weighted by molar-refractivity contribution is -0.133. The summed E-state index contributed by atoms with van der Waals surface area (Å²) in [6.07, 6.45) is 2.22. The molecule has 22 heavy (non-hydrogen) atoms. The molecular weight excluding hydrogens is 395 g/mol. The zero-order valence-electron chi connectivity index (χ0n) is 12.2. The van der Waals surface area contributed by atoms with Crippen molar-refractivity contribution in [1.29, 1.82) is 0 Å². The molecule has 1 saturated carbocycles. The number of rotatable bonds is 4. The van der Waals surface area contributed by atoms with E-state index in [4.69, 9.17) is 0 Å². The number of carboxylic acid groups (broad SMARTS) is 1. The van der Waals surface area contributed by atoms with Gasteiger partial charge in [0.15, 0.2) is 0 Å². The summed E-state index contributed by atoms with van der Waals surface area (Å²) in [6, 6.07) is 6.73. The van der Waals surface area contributed by atoms with Crippen LogP contribution in [-0.4, -0.2) is 28.6 Å². The number of halogens is 1. The lowest BCUT2D eigenvalue weighted by atomic mass is 9.95. The fourth-order valence-electron chi connectivity index (χ4n) is 2.74. The smallest absolute Gasteiger partial charge is 0.335 e. The van der Waals surface area contributed by atoms with Crippen molar-refractivity contribution in [3.8, 4) is 0 Å². The second-order valence-corrected chi connectivity index (χ2v) is 7.04. The van der Waals surface area contributed by atoms with Crippen LogP contribution >= 0.6 is 22.6 Å². The number of benzene rings is 1. The zero-order chi connectivity index (χ0) is 15.9. The minimum absolute atomic E-state index is 0.210. The fraction of sp³-hybridized carbons (Fsp3) is 0.375. The maximum Gasteiger partial charge on any atom is 0.335 e. The molecule has 6 heteroatoms. The summed E-state index contributed by atoms with van der Waals surface area (Å²) in [5.74, 6) is -0.479. The van der Waals surface area contributed by atoms with E-state index in [0.717, 1.165) is 22.0 Å². The van der Waals surface area contributed by atoms with Crippen LogP contribution in [0.2, 0.25) is 0 Å². The van der Waals surface area contributed by atoms with Gasteiger partial charge < -0.3 is 10.4 Å². The Morgan fingerprint density at radius 2 is 2.00 bits per heavy atom. The molecule has 2 N–H and O–H groups in total. The summed E-state index contributed by atoms with van der Waals surface area (Å²) >= 11 is 2.19. The highest BCUT2D eigenvalue weighted by molar-refractivity contribution is 14.1. The molecule has 2 aliphatic rings. The summed E-state index contributed by atoms with van der Waals surface area (Å²) in [5, 5.41) is 12.5. The molecule has 0 aromatic heterocycles. The number of carboxylic acids is 1. The normalized spacial score (nSPS) is 21.8. The summed E-state index contributed by atoms with van der Waals surface area (Å²) in [6.45, 7) is 2.33. The van der Waals surface area contributed by atoms with Crippen molar-refractivity contribution in [2.75, 3.05) is 6.54 Å². The number of hydrogen-bond acceptors (Lipinski definition) is 2. The van der Waals surface area contributed by atoms with Gasteiger partial charge in [0.2, 0.25) is 0 Å². The van der Waals surface area contributed by atoms with E-state index in [0.29, 0.717) is 18.2 Å². The van der Waals surface area contributed by atoms with Crippen LogP contribution in [0.25, 0.3) is 0 Å². The van der Waals surface area contributed by atoms with Crippen LogP contribution in [0.5, 0.6) is 0 Å². The summed E-state index contributed by atoms with van der Waals surface area (Å²) in [7, 11) is 0. The molecule has 1 aromatic carbocycles. The number of nitrogens with zero attached hydrogens (tertiary/aromatic N) is 1. The molecule has 1 heterocycles. The van der Waals surface area contributed by atoms with E-state index in [1.165, 1.54) is 0 Å². The number of carbonyl (C=O) groups is 2. The minimum Gasteiger partial charge on any atom is -0.478 e. The largest absolute Gasteiger partial charge is 0.478 e. The monoisotopic (exact) mass is 412 g/mol. The van der Waals surface area contributed by atoms with Crippen molar-refractivity contribution >= 4 is 34.6 Å². The first-order valence-electron chi connectivity index (χ1n) is 7.25. The fourth-order valence-corrected chi connectivity index (χ4v) is 3.10. The second kappa shape index (κ2) is 5.91. The van der Waals surface area contributed by atoms with Gasteiger partial charge in [-0.25, -0.2) is 9.59 Å². The number of carbonyl (C=O) groups excluding carboxylic acids is 1. The Labute approximate surface area is 142 Å². The third-order valence-corrected chi connectivity index (χ3v) is 4.89. The quantitative estimate of drug-likeness (QED) is 0.747. The topological polar surface area (TPSA) is 69.6 Å². The maximum absolute atomic E-state index is 12.4. The van der Waals surface area contributed by atoms with Gasteiger partial charge in [0.05, 0.1) is 11.6 Å². The predicted octanol–water partition coefficient (Wildman–Crippen LogP) is 3.13. The number of amides is 2. The summed E-state index contributed by atoms with van der Waals surface area (Å²) in [5.41, 5.74) is 1.59. The molecule has 0 spiro atoms. The van der Waals surface area contributed by atoms with Gasteiger partial charge >= 0.3 is 12.0 Å². The molecule has 1 atom stereocenters. The number of hydrogen-bond donors (Lipinski definition) is 2. The molecule has 0 bridgehead atoms. The predicted molar refractivity (Wildman–Crippen MR) is 90.2 cm³/mol. The van der Waals surface area contributed by atoms with E-state index in [1.54, 1.807) is 11.8 Å². The highest BCUT2D eigenvalue weighted by atomic mass is 127. The first-order chi connectivity index (χ1) is 10.5. The number of aliphatic carboxylic acids is 1. The molecule has 1 aliphatic heterocycles. The summed E-state index contributed by atoms with van der Waals surface area (Å²) in [4.78, 5) is 25.7.